The van der Waals surface area contributed by atoms with Gasteiger partial charge < -0.3 is 30.7 Å². The van der Waals surface area contributed by atoms with Crippen LogP contribution in [0.1, 0.15) is 52.4 Å². The second-order valence-electron chi connectivity index (χ2n) is 10.1. The summed E-state index contributed by atoms with van der Waals surface area (Å²) in [7, 11) is 0. The van der Waals surface area contributed by atoms with Crippen molar-refractivity contribution in [1.82, 2.24) is 4.90 Å². The second kappa shape index (κ2) is 14.3. The van der Waals surface area contributed by atoms with E-state index in [0.29, 0.717) is 42.0 Å². The summed E-state index contributed by atoms with van der Waals surface area (Å²) >= 11 is 6.21. The van der Waals surface area contributed by atoms with Crippen molar-refractivity contribution in [3.63, 3.8) is 0 Å². The number of piperidine rings is 1. The molecule has 1 amide bonds. The van der Waals surface area contributed by atoms with Gasteiger partial charge in [-0.05, 0) is 66.3 Å². The van der Waals surface area contributed by atoms with Crippen molar-refractivity contribution < 1.29 is 29.6 Å². The van der Waals surface area contributed by atoms with Crippen molar-refractivity contribution in [3.05, 3.63) is 106 Å². The number of halogens is 1. The van der Waals surface area contributed by atoms with E-state index in [0.717, 1.165) is 24.0 Å². The van der Waals surface area contributed by atoms with Crippen molar-refractivity contribution in [2.75, 3.05) is 13.1 Å². The number of carbonyl (C=O) groups is 2. The third-order valence-corrected chi connectivity index (χ3v) is 7.55. The van der Waals surface area contributed by atoms with Gasteiger partial charge in [0.1, 0.15) is 0 Å². The van der Waals surface area contributed by atoms with E-state index in [2.05, 4.69) is 0 Å². The number of nitrogens with zero attached hydrogens (tertiary/aromatic N) is 1. The van der Waals surface area contributed by atoms with Crippen molar-refractivity contribution >= 4 is 23.5 Å². The Morgan fingerprint density at radius 2 is 1.88 bits per heavy atom. The van der Waals surface area contributed by atoms with Gasteiger partial charge in [-0.25, -0.2) is 4.79 Å². The molecule has 0 radical (unpaired) electrons. The van der Waals surface area contributed by atoms with E-state index >= 15 is 0 Å². The lowest BCUT2D eigenvalue weighted by molar-refractivity contribution is -0.135. The number of hydrogen-bond acceptors (Lipinski definition) is 7. The van der Waals surface area contributed by atoms with Crippen molar-refractivity contribution in [2.45, 2.75) is 50.4 Å². The van der Waals surface area contributed by atoms with Crippen LogP contribution in [0.25, 0.3) is 0 Å². The van der Waals surface area contributed by atoms with Crippen LogP contribution in [0, 0.1) is 0 Å². The molecule has 41 heavy (non-hydrogen) atoms. The molecular weight excluding hydrogens is 544 g/mol. The molecule has 3 aromatic rings. The molecule has 4 rings (SSSR count). The Balaban J connectivity index is 1.33. The number of aromatic hydroxyl groups is 1. The number of aliphatic hydroxyl groups is 2. The van der Waals surface area contributed by atoms with Gasteiger partial charge in [0, 0.05) is 31.0 Å². The predicted octanol–water partition coefficient (Wildman–Crippen LogP) is 4.34. The summed E-state index contributed by atoms with van der Waals surface area (Å²) in [6.45, 7) is 0.509. The Morgan fingerprint density at radius 3 is 2.59 bits per heavy atom. The number of benzene rings is 3. The highest BCUT2D eigenvalue weighted by Crippen LogP contribution is 2.30. The Bertz CT molecular complexity index is 1380. The molecule has 3 aromatic carbocycles. The molecule has 5 N–H and O–H groups in total. The quantitative estimate of drug-likeness (QED) is 0.151. The monoisotopic (exact) mass is 578 g/mol. The lowest BCUT2D eigenvalue weighted by Crippen LogP contribution is -2.43. The molecule has 0 bridgehead atoms. The SMILES string of the molecule is NCC(O)c1ccc(OC(=O)c2ccc(CCN3C(=O)CCC[C@@H]3C=CC(O)Cc3ccccc3Cl)cc2)c(O)c1. The molecule has 0 saturated carbocycles. The summed E-state index contributed by atoms with van der Waals surface area (Å²) < 4.78 is 5.32. The molecule has 0 spiro atoms. The maximum atomic E-state index is 12.7. The fourth-order valence-electron chi connectivity index (χ4n) is 4.83. The lowest BCUT2D eigenvalue weighted by atomic mass is 9.98. The van der Waals surface area contributed by atoms with E-state index in [4.69, 9.17) is 22.1 Å². The van der Waals surface area contributed by atoms with Crippen LogP contribution in [-0.2, 0) is 17.6 Å². The third-order valence-electron chi connectivity index (χ3n) is 7.18. The second-order valence-corrected chi connectivity index (χ2v) is 10.5. The maximum Gasteiger partial charge on any atom is 0.343 e. The number of likely N-dealkylation sites (tertiary alicyclic amines) is 1. The number of aliphatic hydroxyl groups excluding tert-OH is 2. The Labute approximate surface area is 244 Å². The van der Waals surface area contributed by atoms with Crippen molar-refractivity contribution in [3.8, 4) is 11.5 Å². The summed E-state index contributed by atoms with van der Waals surface area (Å²) in [4.78, 5) is 27.2. The Morgan fingerprint density at radius 1 is 1.12 bits per heavy atom. The van der Waals surface area contributed by atoms with Crippen LogP contribution in [0.2, 0.25) is 5.02 Å². The fourth-order valence-corrected chi connectivity index (χ4v) is 5.04. The van der Waals surface area contributed by atoms with Crippen LogP contribution in [0.3, 0.4) is 0 Å². The molecule has 2 unspecified atom stereocenters. The average Bonchev–Trinajstić information content (AvgIpc) is 2.97. The standard InChI is InChI=1S/C32H35ClN2O6/c33-27-6-2-1-4-23(27)18-26(36)14-13-25-5-3-7-31(39)35(25)17-16-21-8-10-22(11-9-21)32(40)41-30-15-12-24(19-28(30)37)29(38)20-34/h1-2,4,6,8-15,19,25-26,29,36-38H,3,5,7,16-18,20,34H2/t25-,26?,29?/m1/s1. The largest absolute Gasteiger partial charge is 0.504 e. The van der Waals surface area contributed by atoms with Crippen LogP contribution >= 0.6 is 11.6 Å². The number of amides is 1. The number of nitrogens with two attached hydrogens (primary N) is 1. The number of esters is 1. The van der Waals surface area contributed by atoms with Gasteiger partial charge in [-0.1, -0.05) is 60.2 Å². The Hall–Kier alpha value is -3.69. The molecule has 8 nitrogen and oxygen atoms in total. The van der Waals surface area contributed by atoms with Gasteiger partial charge in [-0.15, -0.1) is 0 Å². The van der Waals surface area contributed by atoms with E-state index in [1.165, 1.54) is 18.2 Å². The van der Waals surface area contributed by atoms with Crippen LogP contribution < -0.4 is 10.5 Å². The molecule has 1 heterocycles. The summed E-state index contributed by atoms with van der Waals surface area (Å²) in [5.41, 5.74) is 7.99. The number of rotatable bonds is 11. The molecule has 0 aliphatic carbocycles. The highest BCUT2D eigenvalue weighted by molar-refractivity contribution is 6.31. The number of hydrogen-bond donors (Lipinski definition) is 4. The van der Waals surface area contributed by atoms with E-state index in [1.54, 1.807) is 24.3 Å². The van der Waals surface area contributed by atoms with E-state index in [1.807, 2.05) is 41.3 Å². The lowest BCUT2D eigenvalue weighted by Gasteiger charge is -2.34. The van der Waals surface area contributed by atoms with Crippen molar-refractivity contribution in [2.24, 2.45) is 5.73 Å². The van der Waals surface area contributed by atoms with Gasteiger partial charge in [0.2, 0.25) is 5.91 Å². The number of phenols is 1. The van der Waals surface area contributed by atoms with E-state index in [9.17, 15) is 24.9 Å². The average molecular weight is 579 g/mol. The minimum atomic E-state index is -0.921. The van der Waals surface area contributed by atoms with Crippen molar-refractivity contribution in [1.29, 1.82) is 0 Å². The van der Waals surface area contributed by atoms with Crippen LogP contribution in [0.5, 0.6) is 11.5 Å². The maximum absolute atomic E-state index is 12.7. The summed E-state index contributed by atoms with van der Waals surface area (Å²) in [5.74, 6) is -0.847. The molecular formula is C32H35ClN2O6. The molecule has 1 fully saturated rings. The highest BCUT2D eigenvalue weighted by Gasteiger charge is 2.26. The first kappa shape index (κ1) is 30.3. The first-order valence-corrected chi connectivity index (χ1v) is 14.0. The van der Waals surface area contributed by atoms with Gasteiger partial charge >= 0.3 is 5.97 Å². The summed E-state index contributed by atoms with van der Waals surface area (Å²) in [6.07, 6.45) is 5.14. The molecule has 1 aliphatic heterocycles. The zero-order valence-electron chi connectivity index (χ0n) is 22.7. The van der Waals surface area contributed by atoms with Crippen LogP contribution in [0.15, 0.2) is 78.9 Å². The van der Waals surface area contributed by atoms with Gasteiger partial charge in [0.25, 0.3) is 0 Å². The fraction of sp³-hybridized carbons (Fsp3) is 0.312. The molecule has 1 saturated heterocycles. The van der Waals surface area contributed by atoms with E-state index in [-0.39, 0.29) is 30.0 Å². The summed E-state index contributed by atoms with van der Waals surface area (Å²) in [6, 6.07) is 18.5. The zero-order valence-corrected chi connectivity index (χ0v) is 23.4. The number of phenolic OH excluding ortho intramolecular Hbond substituents is 1. The predicted molar refractivity (Wildman–Crippen MR) is 157 cm³/mol. The Kier molecular flexibility index (Phi) is 10.5. The van der Waals surface area contributed by atoms with Gasteiger partial charge in [-0.2, -0.15) is 0 Å². The normalized spacial score (nSPS) is 17.0. The first-order chi connectivity index (χ1) is 19.7. The highest BCUT2D eigenvalue weighted by atomic mass is 35.5. The molecule has 216 valence electrons. The molecule has 1 aliphatic rings. The minimum Gasteiger partial charge on any atom is -0.504 e. The number of ether oxygens (including phenoxy) is 1. The first-order valence-electron chi connectivity index (χ1n) is 13.7. The third kappa shape index (κ3) is 8.17. The molecule has 9 heteroatoms. The topological polar surface area (TPSA) is 133 Å². The summed E-state index contributed by atoms with van der Waals surface area (Å²) in [5, 5.41) is 31.1. The molecule has 3 atom stereocenters. The van der Waals surface area contributed by atoms with E-state index < -0.39 is 18.2 Å². The van der Waals surface area contributed by atoms with Crippen LogP contribution in [0.4, 0.5) is 0 Å². The van der Waals surface area contributed by atoms with Gasteiger partial charge in [0.05, 0.1) is 23.8 Å². The van der Waals surface area contributed by atoms with Crippen LogP contribution in [-0.4, -0.2) is 57.3 Å². The van der Waals surface area contributed by atoms with Gasteiger partial charge in [0.15, 0.2) is 11.5 Å². The smallest absolute Gasteiger partial charge is 0.343 e. The van der Waals surface area contributed by atoms with Gasteiger partial charge in [-0.3, -0.25) is 4.79 Å². The number of carbonyl (C=O) groups excluding carboxylic acids is 2. The zero-order chi connectivity index (χ0) is 29.4. The minimum absolute atomic E-state index is 0.00179. The molecule has 0 aromatic heterocycles.